The topological polar surface area (TPSA) is 124 Å². The summed E-state index contributed by atoms with van der Waals surface area (Å²) >= 11 is 8.72. The summed E-state index contributed by atoms with van der Waals surface area (Å²) in [4.78, 5) is 52.6. The van der Waals surface area contributed by atoms with Gasteiger partial charge in [0.05, 0.1) is 24.3 Å². The molecule has 0 unspecified atom stereocenters. The van der Waals surface area contributed by atoms with Gasteiger partial charge >= 0.3 is 23.9 Å². The average molecular weight is 1310 g/mol. The highest BCUT2D eigenvalue weighted by molar-refractivity contribution is 14.1. The molecule has 10 nitrogen and oxygen atoms in total. The highest BCUT2D eigenvalue weighted by Crippen LogP contribution is 2.28. The third kappa shape index (κ3) is 15.7. The van der Waals surface area contributed by atoms with Crippen LogP contribution in [0.2, 0.25) is 0 Å². The van der Waals surface area contributed by atoms with Crippen molar-refractivity contribution < 1.29 is 47.6 Å². The maximum atomic E-state index is 13.2. The van der Waals surface area contributed by atoms with Crippen molar-refractivity contribution in [2.24, 2.45) is 0 Å². The molecule has 14 heteroatoms. The number of rotatable bonds is 21. The van der Waals surface area contributed by atoms with Crippen LogP contribution in [-0.4, -0.2) is 37.1 Å². The molecule has 0 spiro atoms. The molecule has 0 heterocycles. The second kappa shape index (κ2) is 25.4. The number of esters is 4. The molecule has 0 aliphatic rings. The zero-order chi connectivity index (χ0) is 45.3. The van der Waals surface area contributed by atoms with Gasteiger partial charge in [0.1, 0.15) is 45.6 Å². The van der Waals surface area contributed by atoms with Crippen LogP contribution in [0.4, 0.5) is 0 Å². The van der Waals surface area contributed by atoms with Gasteiger partial charge in [-0.3, -0.25) is 0 Å². The van der Waals surface area contributed by atoms with Gasteiger partial charge in [-0.15, -0.1) is 0 Å². The molecule has 64 heavy (non-hydrogen) atoms. The molecule has 0 aliphatic heterocycles. The van der Waals surface area contributed by atoms with Gasteiger partial charge in [0, 0.05) is 14.3 Å². The Labute approximate surface area is 426 Å². The molecule has 0 aliphatic carbocycles. The molecule has 0 amide bonds. The molecule has 0 radical (unpaired) electrons. The summed E-state index contributed by atoms with van der Waals surface area (Å²) in [6.07, 6.45) is 7.42. The number of ether oxygens (including phenoxy) is 6. The molecule has 6 rings (SSSR count). The molecule has 0 bridgehead atoms. The van der Waals surface area contributed by atoms with E-state index in [1.165, 1.54) is 36.4 Å². The van der Waals surface area contributed by atoms with Crippen molar-refractivity contribution in [2.75, 3.05) is 13.2 Å². The summed E-state index contributed by atoms with van der Waals surface area (Å²) in [6.45, 7) is 0.698. The van der Waals surface area contributed by atoms with E-state index in [0.29, 0.717) is 36.2 Å². The van der Waals surface area contributed by atoms with Crippen LogP contribution in [0.1, 0.15) is 92.8 Å². The van der Waals surface area contributed by atoms with Crippen LogP contribution in [-0.2, 0) is 0 Å². The lowest BCUT2D eigenvalue weighted by Gasteiger charge is -2.13. The van der Waals surface area contributed by atoms with Gasteiger partial charge in [0.15, 0.2) is 0 Å². The van der Waals surface area contributed by atoms with Crippen LogP contribution in [0.15, 0.2) is 133 Å². The number of benzene rings is 6. The molecule has 0 saturated carbocycles. The number of hydrogen-bond donors (Lipinski definition) is 0. The summed E-state index contributed by atoms with van der Waals surface area (Å²) in [6, 6.07) is 37.7. The smallest absolute Gasteiger partial charge is 0.347 e. The van der Waals surface area contributed by atoms with Gasteiger partial charge < -0.3 is 28.4 Å². The Balaban J connectivity index is 0.952. The van der Waals surface area contributed by atoms with E-state index in [9.17, 15) is 19.2 Å². The fraction of sp³-hybridized carbons (Fsp3) is 0.200. The molecular formula is C50H42I4O10. The molecule has 0 aromatic heterocycles. The van der Waals surface area contributed by atoms with E-state index >= 15 is 0 Å². The monoisotopic (exact) mass is 1310 g/mol. The van der Waals surface area contributed by atoms with Crippen LogP contribution in [0, 0.1) is 14.3 Å². The molecule has 330 valence electrons. The number of carbonyl (C=O) groups excluding carboxylic acids is 4. The van der Waals surface area contributed by atoms with Crippen molar-refractivity contribution in [1.82, 2.24) is 0 Å². The van der Waals surface area contributed by atoms with E-state index in [0.717, 1.165) is 65.6 Å². The van der Waals surface area contributed by atoms with Gasteiger partial charge in [-0.05, 0) is 237 Å². The maximum absolute atomic E-state index is 13.2. The lowest BCUT2D eigenvalue weighted by molar-refractivity contribution is 0.0716. The van der Waals surface area contributed by atoms with Gasteiger partial charge in [-0.25, -0.2) is 19.2 Å². The van der Waals surface area contributed by atoms with Crippen molar-refractivity contribution in [2.45, 2.75) is 51.4 Å². The first kappa shape index (κ1) is 49.2. The predicted molar refractivity (Wildman–Crippen MR) is 277 cm³/mol. The van der Waals surface area contributed by atoms with Crippen molar-refractivity contribution in [1.29, 1.82) is 0 Å². The Morgan fingerprint density at radius 3 is 0.891 bits per heavy atom. The Morgan fingerprint density at radius 1 is 0.328 bits per heavy atom. The minimum absolute atomic E-state index is 0.208. The zero-order valence-corrected chi connectivity index (χ0v) is 43.0. The van der Waals surface area contributed by atoms with Crippen molar-refractivity contribution in [3.8, 4) is 34.5 Å². The van der Waals surface area contributed by atoms with E-state index in [1.807, 2.05) is 48.5 Å². The van der Waals surface area contributed by atoms with Gasteiger partial charge in [0.2, 0.25) is 0 Å². The van der Waals surface area contributed by atoms with Gasteiger partial charge in [0.25, 0.3) is 0 Å². The SMILES string of the molecule is O=C(Oc1ccc(I)cc1)c1ccc(C(=O)Oc2ccc(I)cc2)c(OCCCCCCCCCCOc2cc(C(=O)Oc3ccc(I)cc3)ccc2C(=O)Oc2ccc(I)cc2)c1. The highest BCUT2D eigenvalue weighted by Gasteiger charge is 2.21. The summed E-state index contributed by atoms with van der Waals surface area (Å²) in [5.74, 6) is -0.187. The fourth-order valence-corrected chi connectivity index (χ4v) is 7.61. The maximum Gasteiger partial charge on any atom is 0.347 e. The van der Waals surface area contributed by atoms with Crippen LogP contribution in [0.25, 0.3) is 0 Å². The minimum atomic E-state index is -0.591. The van der Waals surface area contributed by atoms with Crippen molar-refractivity contribution in [3.63, 3.8) is 0 Å². The van der Waals surface area contributed by atoms with Gasteiger partial charge in [-0.2, -0.15) is 0 Å². The Hall–Kier alpha value is -4.28. The van der Waals surface area contributed by atoms with E-state index in [1.54, 1.807) is 48.5 Å². The van der Waals surface area contributed by atoms with Crippen molar-refractivity contribution >= 4 is 114 Å². The predicted octanol–water partition coefficient (Wildman–Crippen LogP) is 13.6. The summed E-state index contributed by atoms with van der Waals surface area (Å²) in [5.41, 5.74) is 0.911. The summed E-state index contributed by atoms with van der Waals surface area (Å²) in [5, 5.41) is 0. The summed E-state index contributed by atoms with van der Waals surface area (Å²) < 4.78 is 38.6. The molecule has 0 N–H and O–H groups in total. The first-order valence-electron chi connectivity index (χ1n) is 20.5. The Bertz CT molecular complexity index is 2330. The largest absolute Gasteiger partial charge is 0.493 e. The number of halogens is 4. The first-order chi connectivity index (χ1) is 31.0. The van der Waals surface area contributed by atoms with E-state index in [2.05, 4.69) is 90.4 Å². The second-order valence-electron chi connectivity index (χ2n) is 14.3. The molecule has 6 aromatic carbocycles. The van der Waals surface area contributed by atoms with Crippen molar-refractivity contribution in [3.05, 3.63) is 170 Å². The quantitative estimate of drug-likeness (QED) is 0.0298. The first-order valence-corrected chi connectivity index (χ1v) is 24.8. The van der Waals surface area contributed by atoms with Crippen LogP contribution >= 0.6 is 90.4 Å². The Morgan fingerprint density at radius 2 is 0.594 bits per heavy atom. The minimum Gasteiger partial charge on any atom is -0.493 e. The van der Waals surface area contributed by atoms with E-state index < -0.39 is 23.9 Å². The summed E-state index contributed by atoms with van der Waals surface area (Å²) in [7, 11) is 0. The Kier molecular flexibility index (Phi) is 19.5. The second-order valence-corrected chi connectivity index (χ2v) is 19.3. The lowest BCUT2D eigenvalue weighted by Crippen LogP contribution is -2.14. The molecule has 6 aromatic rings. The zero-order valence-electron chi connectivity index (χ0n) is 34.4. The average Bonchev–Trinajstić information content (AvgIpc) is 3.29. The molecule has 0 fully saturated rings. The molecular weight excluding hydrogens is 1270 g/mol. The lowest BCUT2D eigenvalue weighted by atomic mass is 10.1. The number of hydrogen-bond acceptors (Lipinski definition) is 10. The highest BCUT2D eigenvalue weighted by atomic mass is 127. The van der Waals surface area contributed by atoms with E-state index in [-0.39, 0.29) is 33.8 Å². The number of unbranched alkanes of at least 4 members (excludes halogenated alkanes) is 7. The third-order valence-corrected chi connectivity index (χ3v) is 12.4. The standard InChI is InChI=1S/C50H42I4O10/c51-35-11-19-39(20-12-35)61-47(55)33-9-27-43(49(57)63-41-23-15-37(53)16-24-41)45(31-33)59-29-7-5-3-1-2-4-6-8-30-60-46-32-34(48(56)62-40-21-13-36(52)14-22-40)10-28-44(46)50(58)64-42-25-17-38(54)18-26-42/h9-28,31-32H,1-8,29-30H2. The van der Waals surface area contributed by atoms with E-state index in [4.69, 9.17) is 28.4 Å². The number of carbonyl (C=O) groups is 4. The third-order valence-electron chi connectivity index (χ3n) is 9.53. The molecule has 0 saturated heterocycles. The van der Waals surface area contributed by atoms with Crippen LogP contribution < -0.4 is 28.4 Å². The fourth-order valence-electron chi connectivity index (χ4n) is 6.17. The van der Waals surface area contributed by atoms with Crippen LogP contribution in [0.3, 0.4) is 0 Å². The molecule has 0 atom stereocenters. The normalized spacial score (nSPS) is 10.8. The van der Waals surface area contributed by atoms with Gasteiger partial charge in [-0.1, -0.05) is 38.5 Å². The van der Waals surface area contributed by atoms with Crippen LogP contribution in [0.5, 0.6) is 34.5 Å².